The molecule has 2 fully saturated rings. The summed E-state index contributed by atoms with van der Waals surface area (Å²) in [5.74, 6) is -0.226. The summed E-state index contributed by atoms with van der Waals surface area (Å²) in [6.45, 7) is 1.70. The van der Waals surface area contributed by atoms with Gasteiger partial charge in [-0.3, -0.25) is 4.79 Å². The summed E-state index contributed by atoms with van der Waals surface area (Å²) in [6.07, 6.45) is 1.64. The number of amides is 2. The van der Waals surface area contributed by atoms with Crippen molar-refractivity contribution >= 4 is 12.0 Å². The van der Waals surface area contributed by atoms with Crippen molar-refractivity contribution in [2.75, 3.05) is 26.2 Å². The molecule has 1 heterocycles. The average Bonchev–Trinajstić information content (AvgIpc) is 2.50. The molecule has 1 saturated carbocycles. The van der Waals surface area contributed by atoms with Gasteiger partial charge in [0.25, 0.3) is 5.91 Å². The zero-order valence-corrected chi connectivity index (χ0v) is 9.76. The standard InChI is InChI=1S/C11H18N2O4/c14-9(11(17)3-1-4-11)12-5-2-6-13(8-7-12)10(15)16/h17H,1-8H2,(H,15,16). The summed E-state index contributed by atoms with van der Waals surface area (Å²) in [5.41, 5.74) is -1.17. The molecule has 2 aliphatic rings. The third-order valence-electron chi connectivity index (χ3n) is 3.63. The lowest BCUT2D eigenvalue weighted by Gasteiger charge is -2.38. The summed E-state index contributed by atoms with van der Waals surface area (Å²) >= 11 is 0. The summed E-state index contributed by atoms with van der Waals surface area (Å²) < 4.78 is 0. The third-order valence-corrected chi connectivity index (χ3v) is 3.63. The molecule has 1 aliphatic heterocycles. The quantitative estimate of drug-likeness (QED) is 0.684. The van der Waals surface area contributed by atoms with E-state index in [9.17, 15) is 14.7 Å². The Morgan fingerprint density at radius 1 is 0.941 bits per heavy atom. The minimum Gasteiger partial charge on any atom is -0.465 e. The first-order chi connectivity index (χ1) is 8.03. The zero-order chi connectivity index (χ0) is 12.5. The lowest BCUT2D eigenvalue weighted by Crippen LogP contribution is -2.54. The van der Waals surface area contributed by atoms with Crippen LogP contribution in [-0.2, 0) is 4.79 Å². The molecule has 2 N–H and O–H groups in total. The van der Waals surface area contributed by atoms with Gasteiger partial charge in [0.1, 0.15) is 5.60 Å². The molecular weight excluding hydrogens is 224 g/mol. The maximum Gasteiger partial charge on any atom is 0.407 e. The smallest absolute Gasteiger partial charge is 0.407 e. The Morgan fingerprint density at radius 3 is 2.06 bits per heavy atom. The Balaban J connectivity index is 1.94. The lowest BCUT2D eigenvalue weighted by atomic mass is 9.79. The molecule has 2 amide bonds. The molecule has 0 spiro atoms. The molecule has 96 valence electrons. The number of carbonyl (C=O) groups excluding carboxylic acids is 1. The van der Waals surface area contributed by atoms with Crippen LogP contribution in [0.2, 0.25) is 0 Å². The van der Waals surface area contributed by atoms with Crippen molar-refractivity contribution in [2.45, 2.75) is 31.3 Å². The van der Waals surface area contributed by atoms with E-state index in [0.29, 0.717) is 45.4 Å². The topological polar surface area (TPSA) is 81.1 Å². The van der Waals surface area contributed by atoms with Gasteiger partial charge in [0, 0.05) is 26.2 Å². The fourth-order valence-electron chi connectivity index (χ4n) is 2.33. The van der Waals surface area contributed by atoms with Gasteiger partial charge in [-0.05, 0) is 25.7 Å². The molecule has 0 aromatic rings. The van der Waals surface area contributed by atoms with Crippen molar-refractivity contribution in [1.29, 1.82) is 0 Å². The van der Waals surface area contributed by atoms with Crippen LogP contribution in [0.5, 0.6) is 0 Å². The summed E-state index contributed by atoms with van der Waals surface area (Å²) in [4.78, 5) is 25.8. The number of carboxylic acid groups (broad SMARTS) is 1. The van der Waals surface area contributed by atoms with Crippen molar-refractivity contribution in [2.24, 2.45) is 0 Å². The molecular formula is C11H18N2O4. The Kier molecular flexibility index (Phi) is 3.24. The molecule has 2 rings (SSSR count). The van der Waals surface area contributed by atoms with Gasteiger partial charge >= 0.3 is 6.09 Å². The van der Waals surface area contributed by atoms with Crippen molar-refractivity contribution in [3.8, 4) is 0 Å². The summed E-state index contributed by atoms with van der Waals surface area (Å²) in [7, 11) is 0. The predicted octanol–water partition coefficient (Wildman–Crippen LogP) is 0.114. The average molecular weight is 242 g/mol. The number of aliphatic hydroxyl groups is 1. The molecule has 17 heavy (non-hydrogen) atoms. The molecule has 1 aliphatic carbocycles. The van der Waals surface area contributed by atoms with Crippen LogP contribution in [0.25, 0.3) is 0 Å². The maximum atomic E-state index is 12.0. The largest absolute Gasteiger partial charge is 0.465 e. The van der Waals surface area contributed by atoms with Crippen molar-refractivity contribution in [3.63, 3.8) is 0 Å². The third kappa shape index (κ3) is 2.36. The van der Waals surface area contributed by atoms with Gasteiger partial charge in [-0.1, -0.05) is 0 Å². The monoisotopic (exact) mass is 242 g/mol. The SMILES string of the molecule is O=C(O)N1CCCN(C(=O)C2(O)CCC2)CC1. The van der Waals surface area contributed by atoms with E-state index in [2.05, 4.69) is 0 Å². The van der Waals surface area contributed by atoms with Gasteiger partial charge in [-0.15, -0.1) is 0 Å². The van der Waals surface area contributed by atoms with E-state index >= 15 is 0 Å². The number of hydrogen-bond donors (Lipinski definition) is 2. The van der Waals surface area contributed by atoms with Gasteiger partial charge in [0.15, 0.2) is 0 Å². The fraction of sp³-hybridized carbons (Fsp3) is 0.818. The van der Waals surface area contributed by atoms with Gasteiger partial charge in [0.2, 0.25) is 0 Å². The summed E-state index contributed by atoms with van der Waals surface area (Å²) in [5, 5.41) is 18.9. The van der Waals surface area contributed by atoms with Crippen molar-refractivity contribution in [3.05, 3.63) is 0 Å². The van der Waals surface area contributed by atoms with E-state index in [1.807, 2.05) is 0 Å². The Hall–Kier alpha value is -1.30. The minimum atomic E-state index is -1.17. The van der Waals surface area contributed by atoms with E-state index in [-0.39, 0.29) is 5.91 Å². The van der Waals surface area contributed by atoms with Gasteiger partial charge in [0.05, 0.1) is 0 Å². The molecule has 1 saturated heterocycles. The molecule has 0 atom stereocenters. The van der Waals surface area contributed by atoms with Crippen LogP contribution in [0, 0.1) is 0 Å². The van der Waals surface area contributed by atoms with Crippen molar-refractivity contribution < 1.29 is 19.8 Å². The molecule has 0 bridgehead atoms. The molecule has 0 radical (unpaired) electrons. The molecule has 0 unspecified atom stereocenters. The second kappa shape index (κ2) is 4.52. The lowest BCUT2D eigenvalue weighted by molar-refractivity contribution is -0.160. The highest BCUT2D eigenvalue weighted by atomic mass is 16.4. The van der Waals surface area contributed by atoms with E-state index in [1.165, 1.54) is 4.90 Å². The number of carbonyl (C=O) groups is 2. The van der Waals surface area contributed by atoms with Gasteiger partial charge < -0.3 is 20.0 Å². The van der Waals surface area contributed by atoms with E-state index in [1.54, 1.807) is 4.90 Å². The Labute approximate surface area is 99.8 Å². The number of rotatable bonds is 1. The van der Waals surface area contributed by atoms with Gasteiger partial charge in [-0.2, -0.15) is 0 Å². The van der Waals surface area contributed by atoms with Crippen LogP contribution in [0.3, 0.4) is 0 Å². The normalized spacial score (nSPS) is 23.8. The second-order valence-electron chi connectivity index (χ2n) is 4.80. The minimum absolute atomic E-state index is 0.226. The van der Waals surface area contributed by atoms with Crippen LogP contribution < -0.4 is 0 Å². The van der Waals surface area contributed by atoms with Crippen LogP contribution in [0.15, 0.2) is 0 Å². The number of nitrogens with zero attached hydrogens (tertiary/aromatic N) is 2. The first-order valence-corrected chi connectivity index (χ1v) is 6.02. The fourth-order valence-corrected chi connectivity index (χ4v) is 2.33. The second-order valence-corrected chi connectivity index (χ2v) is 4.80. The number of hydrogen-bond acceptors (Lipinski definition) is 3. The zero-order valence-electron chi connectivity index (χ0n) is 9.76. The van der Waals surface area contributed by atoms with Crippen molar-refractivity contribution in [1.82, 2.24) is 9.80 Å². The van der Waals surface area contributed by atoms with Crippen LogP contribution >= 0.6 is 0 Å². The highest BCUT2D eigenvalue weighted by Crippen LogP contribution is 2.33. The predicted molar refractivity (Wildman–Crippen MR) is 59.6 cm³/mol. The van der Waals surface area contributed by atoms with Crippen LogP contribution in [-0.4, -0.2) is 63.8 Å². The highest BCUT2D eigenvalue weighted by Gasteiger charge is 2.44. The maximum absolute atomic E-state index is 12.0. The van der Waals surface area contributed by atoms with Crippen LogP contribution in [0.4, 0.5) is 4.79 Å². The summed E-state index contributed by atoms with van der Waals surface area (Å²) in [6, 6.07) is 0. The van der Waals surface area contributed by atoms with E-state index < -0.39 is 11.7 Å². The van der Waals surface area contributed by atoms with E-state index in [4.69, 9.17) is 5.11 Å². The molecule has 6 nitrogen and oxygen atoms in total. The molecule has 0 aromatic carbocycles. The first kappa shape index (κ1) is 12.2. The Bertz CT molecular complexity index is 327. The molecule has 0 aromatic heterocycles. The Morgan fingerprint density at radius 2 is 1.53 bits per heavy atom. The van der Waals surface area contributed by atoms with E-state index in [0.717, 1.165) is 6.42 Å². The molecule has 6 heteroatoms. The highest BCUT2D eigenvalue weighted by molar-refractivity contribution is 5.86. The first-order valence-electron chi connectivity index (χ1n) is 6.02. The van der Waals surface area contributed by atoms with Crippen LogP contribution in [0.1, 0.15) is 25.7 Å². The van der Waals surface area contributed by atoms with Gasteiger partial charge in [-0.25, -0.2) is 4.79 Å².